The van der Waals surface area contributed by atoms with Crippen LogP contribution in [0.25, 0.3) is 0 Å². The molecule has 1 aliphatic rings. The van der Waals surface area contributed by atoms with Crippen molar-refractivity contribution in [3.8, 4) is 6.07 Å². The molecule has 2 N–H and O–H groups in total. The van der Waals surface area contributed by atoms with Crippen molar-refractivity contribution in [2.75, 3.05) is 0 Å². The molecule has 1 saturated carbocycles. The molecule has 0 aromatic rings. The van der Waals surface area contributed by atoms with Gasteiger partial charge in [0.2, 0.25) is 0 Å². The predicted molar refractivity (Wildman–Crippen MR) is 35.5 cm³/mol. The molecule has 0 aromatic carbocycles. The minimum absolute atomic E-state index is 0.138. The van der Waals surface area contributed by atoms with Crippen molar-refractivity contribution in [2.45, 2.75) is 31.7 Å². The van der Waals surface area contributed by atoms with Gasteiger partial charge in [-0.2, -0.15) is 5.26 Å². The maximum absolute atomic E-state index is 8.53. The molecule has 2 nitrogen and oxygen atoms in total. The van der Waals surface area contributed by atoms with Crippen LogP contribution in [0.1, 0.15) is 25.7 Å². The molecule has 0 aliphatic heterocycles. The van der Waals surface area contributed by atoms with Gasteiger partial charge >= 0.3 is 0 Å². The van der Waals surface area contributed by atoms with Crippen LogP contribution in [-0.2, 0) is 0 Å². The molecule has 1 aliphatic carbocycles. The molecule has 0 aromatic heterocycles. The topological polar surface area (TPSA) is 49.8 Å². The van der Waals surface area contributed by atoms with Gasteiger partial charge in [0.15, 0.2) is 0 Å². The van der Waals surface area contributed by atoms with Crippen LogP contribution in [-0.4, -0.2) is 6.04 Å². The Morgan fingerprint density at radius 3 is 2.44 bits per heavy atom. The van der Waals surface area contributed by atoms with Crippen molar-refractivity contribution >= 4 is 0 Å². The zero-order chi connectivity index (χ0) is 6.69. The molecule has 0 radical (unpaired) electrons. The molecule has 9 heavy (non-hydrogen) atoms. The monoisotopic (exact) mass is 124 g/mol. The van der Waals surface area contributed by atoms with Gasteiger partial charge in [0.25, 0.3) is 0 Å². The van der Waals surface area contributed by atoms with E-state index in [1.165, 1.54) is 12.8 Å². The fourth-order valence-electron chi connectivity index (χ4n) is 1.32. The van der Waals surface area contributed by atoms with Crippen LogP contribution in [0.3, 0.4) is 0 Å². The van der Waals surface area contributed by atoms with E-state index in [0.29, 0.717) is 0 Å². The van der Waals surface area contributed by atoms with E-state index in [1.807, 2.05) is 0 Å². The number of nitrogens with two attached hydrogens (primary N) is 1. The van der Waals surface area contributed by atoms with E-state index in [2.05, 4.69) is 6.07 Å². The summed E-state index contributed by atoms with van der Waals surface area (Å²) < 4.78 is 0. The normalized spacial score (nSPS) is 35.6. The second-order valence-electron chi connectivity index (χ2n) is 2.68. The van der Waals surface area contributed by atoms with E-state index < -0.39 is 0 Å². The summed E-state index contributed by atoms with van der Waals surface area (Å²) in [7, 11) is 0. The Morgan fingerprint density at radius 2 is 2.00 bits per heavy atom. The van der Waals surface area contributed by atoms with Gasteiger partial charge in [0, 0.05) is 6.04 Å². The summed E-state index contributed by atoms with van der Waals surface area (Å²) in [5.41, 5.74) is 5.67. The van der Waals surface area contributed by atoms with Crippen molar-refractivity contribution in [2.24, 2.45) is 11.7 Å². The average Bonchev–Trinajstić information content (AvgIpc) is 1.89. The maximum atomic E-state index is 8.53. The van der Waals surface area contributed by atoms with Crippen molar-refractivity contribution in [1.29, 1.82) is 5.26 Å². The quantitative estimate of drug-likeness (QED) is 0.524. The zero-order valence-electron chi connectivity index (χ0n) is 5.51. The lowest BCUT2D eigenvalue weighted by atomic mass is 9.86. The second-order valence-corrected chi connectivity index (χ2v) is 2.68. The summed E-state index contributed by atoms with van der Waals surface area (Å²) in [4.78, 5) is 0. The molecule has 0 amide bonds. The van der Waals surface area contributed by atoms with Crippen LogP contribution in [0, 0.1) is 17.2 Å². The minimum Gasteiger partial charge on any atom is -0.327 e. The van der Waals surface area contributed by atoms with Gasteiger partial charge in [-0.05, 0) is 12.8 Å². The number of nitriles is 1. The molecule has 0 heterocycles. The van der Waals surface area contributed by atoms with Gasteiger partial charge in [-0.25, -0.2) is 0 Å². The van der Waals surface area contributed by atoms with Gasteiger partial charge in [0.05, 0.1) is 12.0 Å². The molecular weight excluding hydrogens is 112 g/mol. The highest BCUT2D eigenvalue weighted by Crippen LogP contribution is 2.21. The van der Waals surface area contributed by atoms with Crippen LogP contribution in [0.4, 0.5) is 0 Å². The largest absolute Gasteiger partial charge is 0.327 e. The molecule has 0 unspecified atom stereocenters. The highest BCUT2D eigenvalue weighted by Gasteiger charge is 2.20. The summed E-state index contributed by atoms with van der Waals surface area (Å²) in [6.45, 7) is 0. The van der Waals surface area contributed by atoms with Crippen molar-refractivity contribution in [3.05, 3.63) is 0 Å². The van der Waals surface area contributed by atoms with Gasteiger partial charge in [-0.1, -0.05) is 12.8 Å². The smallest absolute Gasteiger partial charge is 0.0672 e. The average molecular weight is 124 g/mol. The van der Waals surface area contributed by atoms with E-state index in [0.717, 1.165) is 12.8 Å². The fourth-order valence-corrected chi connectivity index (χ4v) is 1.32. The van der Waals surface area contributed by atoms with Gasteiger partial charge in [0.1, 0.15) is 0 Å². The van der Waals surface area contributed by atoms with E-state index >= 15 is 0 Å². The maximum Gasteiger partial charge on any atom is 0.0672 e. The summed E-state index contributed by atoms with van der Waals surface area (Å²) in [6.07, 6.45) is 4.45. The third kappa shape index (κ3) is 1.43. The standard InChI is InChI=1S/C7H12N2/c8-5-6-3-1-2-4-7(6)9/h6-7H,1-4,9H2/t6-,7-/m0/s1. The van der Waals surface area contributed by atoms with E-state index in [9.17, 15) is 0 Å². The van der Waals surface area contributed by atoms with E-state index in [-0.39, 0.29) is 12.0 Å². The SMILES string of the molecule is N#C[C@@H]1CCCC[C@@H]1N. The third-order valence-electron chi connectivity index (χ3n) is 1.99. The molecule has 1 fully saturated rings. The van der Waals surface area contributed by atoms with Crippen LogP contribution < -0.4 is 5.73 Å². The Hall–Kier alpha value is -0.550. The lowest BCUT2D eigenvalue weighted by Crippen LogP contribution is -2.31. The molecule has 1 rings (SSSR count). The fraction of sp³-hybridized carbons (Fsp3) is 0.857. The Bertz CT molecular complexity index is 125. The van der Waals surface area contributed by atoms with E-state index in [1.54, 1.807) is 0 Å². The van der Waals surface area contributed by atoms with Crippen molar-refractivity contribution in [3.63, 3.8) is 0 Å². The zero-order valence-corrected chi connectivity index (χ0v) is 5.51. The van der Waals surface area contributed by atoms with E-state index in [4.69, 9.17) is 11.0 Å². The van der Waals surface area contributed by atoms with Crippen LogP contribution >= 0.6 is 0 Å². The van der Waals surface area contributed by atoms with Crippen LogP contribution in [0.15, 0.2) is 0 Å². The third-order valence-corrected chi connectivity index (χ3v) is 1.99. The number of hydrogen-bond acceptors (Lipinski definition) is 2. The van der Waals surface area contributed by atoms with Gasteiger partial charge in [-0.3, -0.25) is 0 Å². The first-order valence-corrected chi connectivity index (χ1v) is 3.50. The summed E-state index contributed by atoms with van der Waals surface area (Å²) in [5, 5.41) is 8.53. The lowest BCUT2D eigenvalue weighted by Gasteiger charge is -2.22. The molecule has 50 valence electrons. The number of hydrogen-bond donors (Lipinski definition) is 1. The molecule has 2 atom stereocenters. The summed E-state index contributed by atoms with van der Waals surface area (Å²) >= 11 is 0. The summed E-state index contributed by atoms with van der Waals surface area (Å²) in [6, 6.07) is 2.38. The molecule has 0 spiro atoms. The molecule has 2 heteroatoms. The molecular formula is C7H12N2. The highest BCUT2D eigenvalue weighted by atomic mass is 14.7. The number of rotatable bonds is 0. The van der Waals surface area contributed by atoms with Crippen LogP contribution in [0.5, 0.6) is 0 Å². The number of nitrogens with zero attached hydrogens (tertiary/aromatic N) is 1. The Labute approximate surface area is 55.7 Å². The first-order chi connectivity index (χ1) is 4.34. The van der Waals surface area contributed by atoms with Crippen molar-refractivity contribution in [1.82, 2.24) is 0 Å². The predicted octanol–water partition coefficient (Wildman–Crippen LogP) is 1.03. The Kier molecular flexibility index (Phi) is 2.07. The van der Waals surface area contributed by atoms with Gasteiger partial charge in [-0.15, -0.1) is 0 Å². The minimum atomic E-state index is 0.138. The highest BCUT2D eigenvalue weighted by molar-refractivity contribution is 4.92. The molecule has 0 bridgehead atoms. The summed E-state index contributed by atoms with van der Waals surface area (Å²) in [5.74, 6) is 0.138. The Morgan fingerprint density at radius 1 is 1.33 bits per heavy atom. The van der Waals surface area contributed by atoms with Crippen LogP contribution in [0.2, 0.25) is 0 Å². The second kappa shape index (κ2) is 2.84. The van der Waals surface area contributed by atoms with Gasteiger partial charge < -0.3 is 5.73 Å². The first-order valence-electron chi connectivity index (χ1n) is 3.50. The Balaban J connectivity index is 2.41. The lowest BCUT2D eigenvalue weighted by molar-refractivity contribution is 0.369. The molecule has 0 saturated heterocycles. The first kappa shape index (κ1) is 6.57. The van der Waals surface area contributed by atoms with Crippen molar-refractivity contribution < 1.29 is 0 Å².